The highest BCUT2D eigenvalue weighted by atomic mass is 16.7. The lowest BCUT2D eigenvalue weighted by molar-refractivity contribution is 0.0954. The van der Waals surface area contributed by atoms with Crippen molar-refractivity contribution in [3.8, 4) is 11.5 Å². The van der Waals surface area contributed by atoms with Gasteiger partial charge in [-0.25, -0.2) is 5.43 Å². The second-order valence-electron chi connectivity index (χ2n) is 4.62. The maximum Gasteiger partial charge on any atom is 0.271 e. The van der Waals surface area contributed by atoms with E-state index in [4.69, 9.17) is 9.47 Å². The van der Waals surface area contributed by atoms with Crippen LogP contribution in [-0.2, 0) is 0 Å². The quantitative estimate of drug-likeness (QED) is 0.670. The Bertz CT molecular complexity index is 509. The first kappa shape index (κ1) is 13.4. The molecule has 19 heavy (non-hydrogen) atoms. The first-order chi connectivity index (χ1) is 9.11. The van der Waals surface area contributed by atoms with Crippen LogP contribution in [0.15, 0.2) is 23.3 Å². The van der Waals surface area contributed by atoms with Gasteiger partial charge in [-0.15, -0.1) is 0 Å². The molecule has 0 unspecified atom stereocenters. The van der Waals surface area contributed by atoms with Gasteiger partial charge in [0, 0.05) is 11.3 Å². The normalized spacial score (nSPS) is 13.8. The molecule has 0 aliphatic carbocycles. The molecule has 1 aliphatic rings. The van der Waals surface area contributed by atoms with Crippen LogP contribution >= 0.6 is 0 Å². The van der Waals surface area contributed by atoms with E-state index in [2.05, 4.69) is 24.4 Å². The van der Waals surface area contributed by atoms with Gasteiger partial charge < -0.3 is 9.47 Å². The molecule has 5 nitrogen and oxygen atoms in total. The minimum Gasteiger partial charge on any atom is -0.454 e. The van der Waals surface area contributed by atoms with Crippen molar-refractivity contribution in [2.45, 2.75) is 27.2 Å². The van der Waals surface area contributed by atoms with E-state index in [1.54, 1.807) is 18.2 Å². The monoisotopic (exact) mass is 262 g/mol. The van der Waals surface area contributed by atoms with Crippen molar-refractivity contribution in [3.63, 3.8) is 0 Å². The summed E-state index contributed by atoms with van der Waals surface area (Å²) < 4.78 is 10.4. The second kappa shape index (κ2) is 5.73. The maximum absolute atomic E-state index is 12.0. The first-order valence-electron chi connectivity index (χ1n) is 6.38. The van der Waals surface area contributed by atoms with Crippen LogP contribution in [-0.4, -0.2) is 18.4 Å². The number of hydrazone groups is 1. The molecule has 5 heteroatoms. The van der Waals surface area contributed by atoms with E-state index < -0.39 is 0 Å². The number of benzene rings is 1. The van der Waals surface area contributed by atoms with E-state index in [1.807, 2.05) is 6.92 Å². The summed E-state index contributed by atoms with van der Waals surface area (Å²) in [6, 6.07) is 5.08. The minimum absolute atomic E-state index is 0.200. The zero-order chi connectivity index (χ0) is 13.8. The summed E-state index contributed by atoms with van der Waals surface area (Å²) in [4.78, 5) is 12.0. The van der Waals surface area contributed by atoms with Crippen molar-refractivity contribution in [1.29, 1.82) is 0 Å². The number of rotatable bonds is 4. The van der Waals surface area contributed by atoms with Crippen LogP contribution in [0.4, 0.5) is 0 Å². The van der Waals surface area contributed by atoms with Gasteiger partial charge in [-0.2, -0.15) is 5.10 Å². The van der Waals surface area contributed by atoms with E-state index >= 15 is 0 Å². The minimum atomic E-state index is -0.245. The number of fused-ring (bicyclic) bond motifs is 1. The molecule has 0 saturated carbocycles. The number of hydrogen-bond acceptors (Lipinski definition) is 4. The smallest absolute Gasteiger partial charge is 0.271 e. The van der Waals surface area contributed by atoms with Crippen LogP contribution in [0.5, 0.6) is 11.5 Å². The average molecular weight is 262 g/mol. The molecular formula is C14H18N2O3. The van der Waals surface area contributed by atoms with Gasteiger partial charge in [-0.1, -0.05) is 20.8 Å². The fourth-order valence-electron chi connectivity index (χ4n) is 1.84. The highest BCUT2D eigenvalue weighted by Gasteiger charge is 2.16. The summed E-state index contributed by atoms with van der Waals surface area (Å²) in [6.45, 7) is 6.32. The van der Waals surface area contributed by atoms with E-state index in [9.17, 15) is 4.79 Å². The number of carbonyl (C=O) groups excluding carboxylic acids is 1. The van der Waals surface area contributed by atoms with E-state index in [0.717, 1.165) is 12.1 Å². The number of hydrogen-bond donors (Lipinski definition) is 1. The molecule has 1 amide bonds. The zero-order valence-corrected chi connectivity index (χ0v) is 11.4. The molecular weight excluding hydrogens is 244 g/mol. The highest BCUT2D eigenvalue weighted by molar-refractivity contribution is 5.96. The van der Waals surface area contributed by atoms with Crippen LogP contribution in [0, 0.1) is 5.92 Å². The number of nitrogens with one attached hydrogen (secondary N) is 1. The summed E-state index contributed by atoms with van der Waals surface area (Å²) in [6.07, 6.45) is 0.819. The Balaban J connectivity index is 2.08. The second-order valence-corrected chi connectivity index (χ2v) is 4.62. The van der Waals surface area contributed by atoms with Crippen molar-refractivity contribution in [2.24, 2.45) is 11.0 Å². The maximum atomic E-state index is 12.0. The third-order valence-electron chi connectivity index (χ3n) is 2.96. The third-order valence-corrected chi connectivity index (χ3v) is 2.96. The topological polar surface area (TPSA) is 59.9 Å². The van der Waals surface area contributed by atoms with Gasteiger partial charge in [0.1, 0.15) is 0 Å². The van der Waals surface area contributed by atoms with Crippen LogP contribution in [0.25, 0.3) is 0 Å². The number of carbonyl (C=O) groups is 1. The van der Waals surface area contributed by atoms with Crippen LogP contribution in [0.2, 0.25) is 0 Å². The SMILES string of the molecule is CC/C(=N/NC(=O)c1ccc2c(c1)OCO2)C(C)C. The molecule has 0 bridgehead atoms. The Morgan fingerprint density at radius 2 is 2.11 bits per heavy atom. The van der Waals surface area contributed by atoms with E-state index in [1.165, 1.54) is 0 Å². The van der Waals surface area contributed by atoms with Crippen molar-refractivity contribution in [3.05, 3.63) is 23.8 Å². The van der Waals surface area contributed by atoms with Gasteiger partial charge in [-0.05, 0) is 30.5 Å². The molecule has 1 aliphatic heterocycles. The molecule has 0 atom stereocenters. The molecule has 0 spiro atoms. The largest absolute Gasteiger partial charge is 0.454 e. The van der Waals surface area contributed by atoms with Gasteiger partial charge in [0.05, 0.1) is 0 Å². The summed E-state index contributed by atoms with van der Waals surface area (Å²) in [7, 11) is 0. The average Bonchev–Trinajstić information content (AvgIpc) is 2.85. The molecule has 1 aromatic carbocycles. The van der Waals surface area contributed by atoms with Gasteiger partial charge in [0.25, 0.3) is 5.91 Å². The first-order valence-corrected chi connectivity index (χ1v) is 6.38. The predicted octanol–water partition coefficient (Wildman–Crippen LogP) is 2.57. The number of amides is 1. The molecule has 102 valence electrons. The molecule has 1 aromatic rings. The zero-order valence-electron chi connectivity index (χ0n) is 11.4. The predicted molar refractivity (Wildman–Crippen MR) is 72.6 cm³/mol. The molecule has 2 rings (SSSR count). The van der Waals surface area contributed by atoms with E-state index in [0.29, 0.717) is 23.0 Å². The number of nitrogens with zero attached hydrogens (tertiary/aromatic N) is 1. The summed E-state index contributed by atoms with van der Waals surface area (Å²) in [5, 5.41) is 4.16. The van der Waals surface area contributed by atoms with Crippen molar-refractivity contribution >= 4 is 11.6 Å². The lowest BCUT2D eigenvalue weighted by atomic mass is 10.1. The molecule has 0 aromatic heterocycles. The Morgan fingerprint density at radius 1 is 1.37 bits per heavy atom. The van der Waals surface area contributed by atoms with Crippen molar-refractivity contribution in [1.82, 2.24) is 5.43 Å². The lowest BCUT2D eigenvalue weighted by Gasteiger charge is -2.08. The molecule has 0 fully saturated rings. The lowest BCUT2D eigenvalue weighted by Crippen LogP contribution is -2.21. The summed E-state index contributed by atoms with van der Waals surface area (Å²) in [5.74, 6) is 1.33. The Morgan fingerprint density at radius 3 is 2.79 bits per heavy atom. The Labute approximate surface area is 112 Å². The fourth-order valence-corrected chi connectivity index (χ4v) is 1.84. The molecule has 0 radical (unpaired) electrons. The molecule has 0 saturated heterocycles. The van der Waals surface area contributed by atoms with Gasteiger partial charge in [0.15, 0.2) is 11.5 Å². The van der Waals surface area contributed by atoms with Gasteiger partial charge >= 0.3 is 0 Å². The number of ether oxygens (including phenoxy) is 2. The summed E-state index contributed by atoms with van der Waals surface area (Å²) >= 11 is 0. The summed E-state index contributed by atoms with van der Waals surface area (Å²) in [5.41, 5.74) is 4.05. The van der Waals surface area contributed by atoms with Gasteiger partial charge in [0.2, 0.25) is 6.79 Å². The van der Waals surface area contributed by atoms with Crippen molar-refractivity contribution < 1.29 is 14.3 Å². The van der Waals surface area contributed by atoms with E-state index in [-0.39, 0.29) is 12.7 Å². The highest BCUT2D eigenvalue weighted by Crippen LogP contribution is 2.32. The Kier molecular flexibility index (Phi) is 4.04. The molecule has 1 N–H and O–H groups in total. The van der Waals surface area contributed by atoms with Crippen LogP contribution < -0.4 is 14.9 Å². The molecule has 1 heterocycles. The van der Waals surface area contributed by atoms with Crippen molar-refractivity contribution in [2.75, 3.05) is 6.79 Å². The Hall–Kier alpha value is -2.04. The van der Waals surface area contributed by atoms with Crippen LogP contribution in [0.1, 0.15) is 37.6 Å². The fraction of sp³-hybridized carbons (Fsp3) is 0.429. The third kappa shape index (κ3) is 3.05. The standard InChI is InChI=1S/C14H18N2O3/c1-4-11(9(2)3)15-16-14(17)10-5-6-12-13(7-10)19-8-18-12/h5-7,9H,4,8H2,1-3H3,(H,16,17)/b15-11-. The van der Waals surface area contributed by atoms with Crippen LogP contribution in [0.3, 0.4) is 0 Å². The van der Waals surface area contributed by atoms with Gasteiger partial charge in [-0.3, -0.25) is 4.79 Å².